The van der Waals surface area contributed by atoms with Gasteiger partial charge in [0, 0.05) is 73.2 Å². The number of benzene rings is 1. The molecule has 3 aromatic rings. The van der Waals surface area contributed by atoms with Crippen LogP contribution in [0.25, 0.3) is 11.3 Å². The lowest BCUT2D eigenvalue weighted by molar-refractivity contribution is -0.128. The number of likely N-dealkylation sites (tertiary alicyclic amines) is 1. The van der Waals surface area contributed by atoms with E-state index >= 15 is 0 Å². The Morgan fingerprint density at radius 3 is 2.51 bits per heavy atom. The van der Waals surface area contributed by atoms with Gasteiger partial charge in [0.25, 0.3) is 0 Å². The quantitative estimate of drug-likeness (QED) is 0.329. The molecule has 5 rings (SSSR count). The standard InChI is InChI=1S/C31H36F2N4O4/c1-29(2,28-8-11-34-19-35-28)14-22(38)15-31(17-37(18-31)21-6-9-30(3,40)10-7-21)16-26(39)25-13-27(41-36-25)23-5-4-20(32)12-24(23)33/h4-5,8,11-13,19,21,40H,6-7,9-10,14-18H2,1-3H3. The number of carbonyl (C=O) groups excluding carboxylic acids is 2. The molecular weight excluding hydrogens is 530 g/mol. The van der Waals surface area contributed by atoms with E-state index in [2.05, 4.69) is 20.0 Å². The maximum absolute atomic E-state index is 14.3. The number of rotatable bonds is 10. The minimum Gasteiger partial charge on any atom is -0.390 e. The van der Waals surface area contributed by atoms with E-state index in [1.54, 1.807) is 6.20 Å². The molecule has 1 saturated heterocycles. The predicted molar refractivity (Wildman–Crippen MR) is 147 cm³/mol. The van der Waals surface area contributed by atoms with Gasteiger partial charge in [-0.1, -0.05) is 19.0 Å². The highest BCUT2D eigenvalue weighted by molar-refractivity contribution is 5.96. The van der Waals surface area contributed by atoms with Gasteiger partial charge < -0.3 is 9.63 Å². The van der Waals surface area contributed by atoms with Crippen LogP contribution in [-0.2, 0) is 10.2 Å². The number of halogens is 2. The van der Waals surface area contributed by atoms with Crippen LogP contribution < -0.4 is 0 Å². The Labute approximate surface area is 238 Å². The van der Waals surface area contributed by atoms with Crippen LogP contribution in [0.1, 0.15) is 81.9 Å². The van der Waals surface area contributed by atoms with Crippen molar-refractivity contribution in [3.8, 4) is 11.3 Å². The third-order valence-corrected chi connectivity index (χ3v) is 8.64. The van der Waals surface area contributed by atoms with Crippen LogP contribution in [0, 0.1) is 17.0 Å². The number of Topliss-reactive ketones (excluding diaryl/α,β-unsaturated/α-hetero) is 2. The van der Waals surface area contributed by atoms with E-state index in [9.17, 15) is 23.5 Å². The van der Waals surface area contributed by atoms with Gasteiger partial charge in [0.15, 0.2) is 11.5 Å². The van der Waals surface area contributed by atoms with Crippen LogP contribution in [-0.4, -0.2) is 61.4 Å². The zero-order valence-corrected chi connectivity index (χ0v) is 23.7. The highest BCUT2D eigenvalue weighted by atomic mass is 19.1. The van der Waals surface area contributed by atoms with Gasteiger partial charge >= 0.3 is 0 Å². The highest BCUT2D eigenvalue weighted by Gasteiger charge is 2.49. The van der Waals surface area contributed by atoms with Crippen molar-refractivity contribution in [1.29, 1.82) is 0 Å². The summed E-state index contributed by atoms with van der Waals surface area (Å²) in [7, 11) is 0. The molecular formula is C31H36F2N4O4. The Hall–Kier alpha value is -3.37. The molecule has 2 aromatic heterocycles. The molecule has 0 bridgehead atoms. The number of carbonyl (C=O) groups is 2. The summed E-state index contributed by atoms with van der Waals surface area (Å²) in [5.41, 5.74) is -0.883. The third-order valence-electron chi connectivity index (χ3n) is 8.64. The number of aliphatic hydroxyl groups is 1. The number of ketones is 2. The lowest BCUT2D eigenvalue weighted by Gasteiger charge is -2.54. The molecule has 0 unspecified atom stereocenters. The van der Waals surface area contributed by atoms with Crippen LogP contribution in [0.5, 0.6) is 0 Å². The Morgan fingerprint density at radius 2 is 1.85 bits per heavy atom. The summed E-state index contributed by atoms with van der Waals surface area (Å²) in [6, 6.07) is 6.57. The van der Waals surface area contributed by atoms with Gasteiger partial charge in [-0.05, 0) is 50.8 Å². The summed E-state index contributed by atoms with van der Waals surface area (Å²) in [6.07, 6.45) is 6.87. The number of aromatic nitrogens is 3. The Kier molecular flexibility index (Phi) is 7.91. The van der Waals surface area contributed by atoms with Gasteiger partial charge in [-0.3, -0.25) is 14.5 Å². The summed E-state index contributed by atoms with van der Waals surface area (Å²) in [5, 5.41) is 14.2. The number of hydrogen-bond acceptors (Lipinski definition) is 8. The van der Waals surface area contributed by atoms with Crippen LogP contribution in [0.4, 0.5) is 8.78 Å². The molecule has 2 aliphatic rings. The molecule has 0 radical (unpaired) electrons. The molecule has 1 aliphatic heterocycles. The van der Waals surface area contributed by atoms with Crippen molar-refractivity contribution in [1.82, 2.24) is 20.0 Å². The van der Waals surface area contributed by atoms with Crippen molar-refractivity contribution in [3.63, 3.8) is 0 Å². The SMILES string of the molecule is CC1(O)CCC(N2CC(CC(=O)CC(C)(C)c3ccncn3)(CC(=O)c3cc(-c4ccc(F)cc4F)on3)C2)CC1. The number of hydrogen-bond donors (Lipinski definition) is 1. The summed E-state index contributed by atoms with van der Waals surface area (Å²) in [4.78, 5) is 37.5. The van der Waals surface area contributed by atoms with Gasteiger partial charge in [0.2, 0.25) is 0 Å². The van der Waals surface area contributed by atoms with E-state index < -0.39 is 28.1 Å². The number of nitrogens with zero attached hydrogens (tertiary/aromatic N) is 4. The largest absolute Gasteiger partial charge is 0.390 e. The van der Waals surface area contributed by atoms with Crippen LogP contribution >= 0.6 is 0 Å². The minimum atomic E-state index is -0.811. The Morgan fingerprint density at radius 1 is 1.12 bits per heavy atom. The first-order valence-corrected chi connectivity index (χ1v) is 14.0. The molecule has 2 fully saturated rings. The smallest absolute Gasteiger partial charge is 0.185 e. The first-order valence-electron chi connectivity index (χ1n) is 14.0. The molecule has 1 aliphatic carbocycles. The van der Waals surface area contributed by atoms with E-state index in [0.29, 0.717) is 32.0 Å². The first-order chi connectivity index (χ1) is 19.3. The second-order valence-corrected chi connectivity index (χ2v) is 12.8. The molecule has 1 saturated carbocycles. The second-order valence-electron chi connectivity index (χ2n) is 12.8. The van der Waals surface area contributed by atoms with E-state index in [0.717, 1.165) is 30.7 Å². The highest BCUT2D eigenvalue weighted by Crippen LogP contribution is 2.44. The first kappa shape index (κ1) is 29.1. The zero-order valence-electron chi connectivity index (χ0n) is 23.7. The topological polar surface area (TPSA) is 109 Å². The summed E-state index contributed by atoms with van der Waals surface area (Å²) in [6.45, 7) is 6.98. The molecule has 0 amide bonds. The van der Waals surface area contributed by atoms with Crippen molar-refractivity contribution in [2.24, 2.45) is 5.41 Å². The Bertz CT molecular complexity index is 1410. The lowest BCUT2D eigenvalue weighted by atomic mass is 9.68. The fraction of sp³-hybridized carbons (Fsp3) is 0.516. The summed E-state index contributed by atoms with van der Waals surface area (Å²) >= 11 is 0. The second kappa shape index (κ2) is 11.1. The molecule has 218 valence electrons. The Balaban J connectivity index is 1.31. The normalized spacial score (nSPS) is 22.7. The molecule has 0 atom stereocenters. The molecule has 1 aromatic carbocycles. The van der Waals surface area contributed by atoms with E-state index in [1.807, 2.05) is 26.8 Å². The van der Waals surface area contributed by atoms with Crippen molar-refractivity contribution in [3.05, 3.63) is 65.9 Å². The molecule has 3 heterocycles. The van der Waals surface area contributed by atoms with Crippen LogP contribution in [0.2, 0.25) is 0 Å². The molecule has 10 heteroatoms. The maximum Gasteiger partial charge on any atom is 0.185 e. The van der Waals surface area contributed by atoms with E-state index in [1.165, 1.54) is 18.5 Å². The van der Waals surface area contributed by atoms with Gasteiger partial charge in [-0.25, -0.2) is 18.7 Å². The van der Waals surface area contributed by atoms with E-state index in [-0.39, 0.29) is 47.8 Å². The third kappa shape index (κ3) is 6.59. The van der Waals surface area contributed by atoms with Crippen LogP contribution in [0.15, 0.2) is 47.4 Å². The maximum atomic E-state index is 14.3. The van der Waals surface area contributed by atoms with Gasteiger partial charge in [0.1, 0.15) is 29.4 Å². The molecule has 0 spiro atoms. The monoisotopic (exact) mass is 566 g/mol. The fourth-order valence-corrected chi connectivity index (χ4v) is 6.36. The van der Waals surface area contributed by atoms with Gasteiger partial charge in [0.05, 0.1) is 11.2 Å². The van der Waals surface area contributed by atoms with Crippen LogP contribution in [0.3, 0.4) is 0 Å². The van der Waals surface area contributed by atoms with Crippen molar-refractivity contribution >= 4 is 11.6 Å². The van der Waals surface area contributed by atoms with Gasteiger partial charge in [-0.15, -0.1) is 0 Å². The predicted octanol–water partition coefficient (Wildman–Crippen LogP) is 5.31. The van der Waals surface area contributed by atoms with Crippen molar-refractivity contribution in [2.75, 3.05) is 13.1 Å². The molecule has 8 nitrogen and oxygen atoms in total. The minimum absolute atomic E-state index is 0.0118. The average molecular weight is 567 g/mol. The summed E-state index contributed by atoms with van der Waals surface area (Å²) < 4.78 is 32.9. The average Bonchev–Trinajstić information content (AvgIpc) is 3.37. The van der Waals surface area contributed by atoms with Gasteiger partial charge in [-0.2, -0.15) is 0 Å². The lowest BCUT2D eigenvalue weighted by Crippen LogP contribution is -2.62. The van der Waals surface area contributed by atoms with E-state index in [4.69, 9.17) is 4.52 Å². The summed E-state index contributed by atoms with van der Waals surface area (Å²) in [5.74, 6) is -1.74. The molecule has 41 heavy (non-hydrogen) atoms. The molecule has 1 N–H and O–H groups in total. The zero-order chi connectivity index (χ0) is 29.4. The van der Waals surface area contributed by atoms with Crippen molar-refractivity contribution < 1.29 is 28.0 Å². The fourth-order valence-electron chi connectivity index (χ4n) is 6.36. The van der Waals surface area contributed by atoms with Crippen molar-refractivity contribution in [2.45, 2.75) is 82.8 Å².